The lowest BCUT2D eigenvalue weighted by Gasteiger charge is -2.09. The number of aromatic nitrogens is 2. The SMILES string of the molecule is Oc1ccc(-c2ccc(Cn3ccnc3)cc2)c(O)c1O. The highest BCUT2D eigenvalue weighted by molar-refractivity contribution is 5.75. The smallest absolute Gasteiger partial charge is 0.200 e. The van der Waals surface area contributed by atoms with Gasteiger partial charge in [-0.1, -0.05) is 24.3 Å². The third kappa shape index (κ3) is 2.53. The van der Waals surface area contributed by atoms with Crippen molar-refractivity contribution in [3.63, 3.8) is 0 Å². The predicted molar refractivity (Wildman–Crippen MR) is 78.2 cm³/mol. The summed E-state index contributed by atoms with van der Waals surface area (Å²) in [6.07, 6.45) is 5.36. The summed E-state index contributed by atoms with van der Waals surface area (Å²) in [5.41, 5.74) is 2.33. The van der Waals surface area contributed by atoms with E-state index in [0.717, 1.165) is 11.1 Å². The van der Waals surface area contributed by atoms with Crippen LogP contribution in [0.2, 0.25) is 0 Å². The Bertz CT molecular complexity index is 750. The van der Waals surface area contributed by atoms with Gasteiger partial charge in [0.15, 0.2) is 11.5 Å². The first-order chi connectivity index (χ1) is 10.1. The molecule has 0 amide bonds. The van der Waals surface area contributed by atoms with Gasteiger partial charge in [0.1, 0.15) is 0 Å². The van der Waals surface area contributed by atoms with E-state index >= 15 is 0 Å². The van der Waals surface area contributed by atoms with Crippen molar-refractivity contribution in [3.05, 3.63) is 60.7 Å². The Hall–Kier alpha value is -2.95. The highest BCUT2D eigenvalue weighted by Crippen LogP contribution is 2.41. The second-order valence-electron chi connectivity index (χ2n) is 4.76. The van der Waals surface area contributed by atoms with Crippen LogP contribution >= 0.6 is 0 Å². The Kier molecular flexibility index (Phi) is 3.23. The molecule has 5 heteroatoms. The van der Waals surface area contributed by atoms with Gasteiger partial charge < -0.3 is 19.9 Å². The topological polar surface area (TPSA) is 78.5 Å². The van der Waals surface area contributed by atoms with Crippen LogP contribution in [0.25, 0.3) is 11.1 Å². The van der Waals surface area contributed by atoms with Crippen molar-refractivity contribution in [3.8, 4) is 28.4 Å². The number of imidazole rings is 1. The average Bonchev–Trinajstić information content (AvgIpc) is 2.99. The van der Waals surface area contributed by atoms with Gasteiger partial charge in [0.05, 0.1) is 6.33 Å². The number of hydrogen-bond acceptors (Lipinski definition) is 4. The molecule has 0 unspecified atom stereocenters. The molecule has 106 valence electrons. The van der Waals surface area contributed by atoms with E-state index in [1.165, 1.54) is 6.07 Å². The standard InChI is InChI=1S/C16H14N2O3/c19-14-6-5-13(15(20)16(14)21)12-3-1-11(2-4-12)9-18-8-7-17-10-18/h1-8,10,19-21H,9H2. The van der Waals surface area contributed by atoms with Crippen LogP contribution in [0.1, 0.15) is 5.56 Å². The zero-order valence-electron chi connectivity index (χ0n) is 11.1. The molecule has 21 heavy (non-hydrogen) atoms. The summed E-state index contributed by atoms with van der Waals surface area (Å²) < 4.78 is 1.96. The second-order valence-corrected chi connectivity index (χ2v) is 4.76. The Morgan fingerprint density at radius 1 is 0.905 bits per heavy atom. The van der Waals surface area contributed by atoms with E-state index in [4.69, 9.17) is 0 Å². The molecule has 0 fully saturated rings. The van der Waals surface area contributed by atoms with Gasteiger partial charge in [-0.05, 0) is 23.3 Å². The summed E-state index contributed by atoms with van der Waals surface area (Å²) in [5, 5.41) is 28.8. The van der Waals surface area contributed by atoms with Crippen LogP contribution in [-0.4, -0.2) is 24.9 Å². The highest BCUT2D eigenvalue weighted by Gasteiger charge is 2.12. The van der Waals surface area contributed by atoms with E-state index in [9.17, 15) is 15.3 Å². The fourth-order valence-electron chi connectivity index (χ4n) is 2.18. The maximum atomic E-state index is 9.89. The summed E-state index contributed by atoms with van der Waals surface area (Å²) in [6.45, 7) is 0.715. The number of hydrogen-bond donors (Lipinski definition) is 3. The van der Waals surface area contributed by atoms with Crippen molar-refractivity contribution < 1.29 is 15.3 Å². The maximum absolute atomic E-state index is 9.89. The van der Waals surface area contributed by atoms with Gasteiger partial charge in [0, 0.05) is 24.5 Å². The van der Waals surface area contributed by atoms with Crippen molar-refractivity contribution in [1.29, 1.82) is 0 Å². The molecule has 1 heterocycles. The lowest BCUT2D eigenvalue weighted by atomic mass is 10.0. The van der Waals surface area contributed by atoms with Gasteiger partial charge in [0.2, 0.25) is 5.75 Å². The van der Waals surface area contributed by atoms with Crippen LogP contribution in [0, 0.1) is 0 Å². The van der Waals surface area contributed by atoms with Gasteiger partial charge >= 0.3 is 0 Å². The fourth-order valence-corrected chi connectivity index (χ4v) is 2.18. The van der Waals surface area contributed by atoms with Crippen LogP contribution in [0.4, 0.5) is 0 Å². The van der Waals surface area contributed by atoms with Crippen molar-refractivity contribution in [1.82, 2.24) is 9.55 Å². The van der Waals surface area contributed by atoms with Crippen molar-refractivity contribution >= 4 is 0 Å². The summed E-state index contributed by atoms with van der Waals surface area (Å²) in [7, 11) is 0. The van der Waals surface area contributed by atoms with Crippen LogP contribution in [0.15, 0.2) is 55.1 Å². The monoisotopic (exact) mass is 282 g/mol. The Labute approximate surface area is 121 Å². The van der Waals surface area contributed by atoms with Gasteiger partial charge in [0.25, 0.3) is 0 Å². The lowest BCUT2D eigenvalue weighted by Crippen LogP contribution is -1.95. The minimum absolute atomic E-state index is 0.322. The molecular formula is C16H14N2O3. The van der Waals surface area contributed by atoms with Crippen molar-refractivity contribution in [2.24, 2.45) is 0 Å². The quantitative estimate of drug-likeness (QED) is 0.645. The van der Waals surface area contributed by atoms with Gasteiger partial charge in [-0.2, -0.15) is 0 Å². The molecule has 0 atom stereocenters. The Morgan fingerprint density at radius 3 is 2.33 bits per heavy atom. The van der Waals surface area contributed by atoms with Crippen LogP contribution in [0.3, 0.4) is 0 Å². The molecule has 0 aliphatic carbocycles. The average molecular weight is 282 g/mol. The summed E-state index contributed by atoms with van der Waals surface area (Å²) in [6, 6.07) is 10.5. The second kappa shape index (κ2) is 5.20. The normalized spacial score (nSPS) is 10.7. The van der Waals surface area contributed by atoms with Gasteiger partial charge in [-0.25, -0.2) is 4.98 Å². The van der Waals surface area contributed by atoms with E-state index < -0.39 is 5.75 Å². The predicted octanol–water partition coefficient (Wildman–Crippen LogP) is 2.72. The van der Waals surface area contributed by atoms with Crippen LogP contribution in [-0.2, 0) is 6.54 Å². The van der Waals surface area contributed by atoms with E-state index in [1.54, 1.807) is 18.6 Å². The molecule has 0 saturated carbocycles. The minimum atomic E-state index is -0.505. The molecule has 3 rings (SSSR count). The number of benzene rings is 2. The molecular weight excluding hydrogens is 268 g/mol. The number of phenolic OH excluding ortho intramolecular Hbond substituents is 3. The van der Waals surface area contributed by atoms with Crippen LogP contribution < -0.4 is 0 Å². The number of aromatic hydroxyl groups is 3. The van der Waals surface area contributed by atoms with Crippen molar-refractivity contribution in [2.45, 2.75) is 6.54 Å². The van der Waals surface area contributed by atoms with E-state index in [-0.39, 0.29) is 11.5 Å². The largest absolute Gasteiger partial charge is 0.504 e. The molecule has 0 radical (unpaired) electrons. The molecule has 0 bridgehead atoms. The lowest BCUT2D eigenvalue weighted by molar-refractivity contribution is 0.369. The molecule has 0 saturated heterocycles. The molecule has 0 spiro atoms. The van der Waals surface area contributed by atoms with Gasteiger partial charge in [-0.15, -0.1) is 0 Å². The Morgan fingerprint density at radius 2 is 1.67 bits per heavy atom. The first kappa shape index (κ1) is 13.1. The number of rotatable bonds is 3. The van der Waals surface area contributed by atoms with Crippen LogP contribution in [0.5, 0.6) is 17.2 Å². The molecule has 3 N–H and O–H groups in total. The molecule has 2 aromatic carbocycles. The minimum Gasteiger partial charge on any atom is -0.504 e. The Balaban J connectivity index is 1.89. The third-order valence-corrected chi connectivity index (χ3v) is 3.32. The van der Waals surface area contributed by atoms with Crippen molar-refractivity contribution in [2.75, 3.05) is 0 Å². The zero-order chi connectivity index (χ0) is 14.8. The molecule has 1 aromatic heterocycles. The van der Waals surface area contributed by atoms with E-state index in [1.807, 2.05) is 35.0 Å². The molecule has 0 aliphatic heterocycles. The molecule has 3 aromatic rings. The first-order valence-corrected chi connectivity index (χ1v) is 6.44. The summed E-state index contributed by atoms with van der Waals surface area (Å²) in [4.78, 5) is 3.99. The summed E-state index contributed by atoms with van der Waals surface area (Å²) >= 11 is 0. The number of nitrogens with zero attached hydrogens (tertiary/aromatic N) is 2. The van der Waals surface area contributed by atoms with E-state index in [2.05, 4.69) is 4.98 Å². The third-order valence-electron chi connectivity index (χ3n) is 3.32. The maximum Gasteiger partial charge on any atom is 0.200 e. The van der Waals surface area contributed by atoms with Gasteiger partial charge in [-0.3, -0.25) is 0 Å². The first-order valence-electron chi connectivity index (χ1n) is 6.44. The highest BCUT2D eigenvalue weighted by atomic mass is 16.3. The molecule has 5 nitrogen and oxygen atoms in total. The number of phenols is 3. The molecule has 0 aliphatic rings. The summed E-state index contributed by atoms with van der Waals surface area (Å²) in [5.74, 6) is -1.17. The van der Waals surface area contributed by atoms with E-state index in [0.29, 0.717) is 12.1 Å². The zero-order valence-corrected chi connectivity index (χ0v) is 11.1. The fraction of sp³-hybridized carbons (Fsp3) is 0.0625.